The molecule has 1 amide bonds. The minimum Gasteiger partial charge on any atom is -0.459 e. The molecule has 0 atom stereocenters. The van der Waals surface area contributed by atoms with Crippen LogP contribution in [0.4, 0.5) is 0 Å². The maximum atomic E-state index is 12.0. The van der Waals surface area contributed by atoms with Gasteiger partial charge in [-0.3, -0.25) is 4.79 Å². The number of carbonyl (C=O) groups excluding carboxylic acids is 1. The number of amides is 1. The van der Waals surface area contributed by atoms with E-state index in [0.29, 0.717) is 43.6 Å². The molecular formula is C13H15N3O4. The number of aromatic nitrogens is 2. The van der Waals surface area contributed by atoms with E-state index in [2.05, 4.69) is 10.1 Å². The lowest BCUT2D eigenvalue weighted by atomic mass is 10.00. The summed E-state index contributed by atoms with van der Waals surface area (Å²) >= 11 is 0. The summed E-state index contributed by atoms with van der Waals surface area (Å²) in [6.45, 7) is 1.71. The summed E-state index contributed by atoms with van der Waals surface area (Å²) in [6, 6.07) is 3.36. The van der Waals surface area contributed by atoms with Gasteiger partial charge in [-0.25, -0.2) is 0 Å². The Kier molecular flexibility index (Phi) is 3.51. The standard InChI is InChI=1S/C13H15N3O4/c1-18-6-4-11-14-12(20-15-11)9-7-16(8-9)13(17)10-3-2-5-19-10/h2-3,5,9H,4,6-8H2,1H3. The SMILES string of the molecule is COCCc1noc(C2CN(C(=O)c3ccco3)C2)n1. The highest BCUT2D eigenvalue weighted by molar-refractivity contribution is 5.92. The summed E-state index contributed by atoms with van der Waals surface area (Å²) < 4.78 is 15.3. The van der Waals surface area contributed by atoms with Crippen LogP contribution in [0.2, 0.25) is 0 Å². The molecular weight excluding hydrogens is 262 g/mol. The van der Waals surface area contributed by atoms with Crippen molar-refractivity contribution in [3.8, 4) is 0 Å². The normalized spacial score (nSPS) is 15.3. The van der Waals surface area contributed by atoms with Crippen LogP contribution < -0.4 is 0 Å². The van der Waals surface area contributed by atoms with E-state index >= 15 is 0 Å². The first kappa shape index (κ1) is 12.9. The highest BCUT2D eigenvalue weighted by Gasteiger charge is 2.36. The Morgan fingerprint density at radius 2 is 2.40 bits per heavy atom. The van der Waals surface area contributed by atoms with Gasteiger partial charge in [-0.1, -0.05) is 5.16 Å². The second-order valence-corrected chi connectivity index (χ2v) is 4.68. The van der Waals surface area contributed by atoms with Gasteiger partial charge in [-0.05, 0) is 12.1 Å². The van der Waals surface area contributed by atoms with Crippen molar-refractivity contribution in [2.24, 2.45) is 0 Å². The maximum absolute atomic E-state index is 12.0. The molecule has 20 heavy (non-hydrogen) atoms. The molecule has 1 aliphatic heterocycles. The third-order valence-electron chi connectivity index (χ3n) is 3.26. The monoisotopic (exact) mass is 277 g/mol. The van der Waals surface area contributed by atoms with E-state index in [1.807, 2.05) is 0 Å². The lowest BCUT2D eigenvalue weighted by Gasteiger charge is -2.36. The van der Waals surface area contributed by atoms with Crippen molar-refractivity contribution in [2.45, 2.75) is 12.3 Å². The summed E-state index contributed by atoms with van der Waals surface area (Å²) in [5.41, 5.74) is 0. The molecule has 3 heterocycles. The first-order valence-corrected chi connectivity index (χ1v) is 6.42. The molecule has 0 bridgehead atoms. The molecule has 0 aromatic carbocycles. The van der Waals surface area contributed by atoms with Gasteiger partial charge in [0.25, 0.3) is 5.91 Å². The van der Waals surface area contributed by atoms with Crippen LogP contribution in [-0.4, -0.2) is 47.8 Å². The van der Waals surface area contributed by atoms with Crippen molar-refractivity contribution in [2.75, 3.05) is 26.8 Å². The quantitative estimate of drug-likeness (QED) is 0.813. The van der Waals surface area contributed by atoms with Crippen molar-refractivity contribution in [1.29, 1.82) is 0 Å². The number of likely N-dealkylation sites (tertiary alicyclic amines) is 1. The van der Waals surface area contributed by atoms with Crippen LogP contribution in [0.3, 0.4) is 0 Å². The second kappa shape index (κ2) is 5.46. The van der Waals surface area contributed by atoms with Crippen molar-refractivity contribution in [3.05, 3.63) is 35.9 Å². The molecule has 7 nitrogen and oxygen atoms in total. The van der Waals surface area contributed by atoms with Gasteiger partial charge in [0.15, 0.2) is 11.6 Å². The molecule has 1 saturated heterocycles. The first-order chi connectivity index (χ1) is 9.78. The average Bonchev–Trinajstić information content (AvgIpc) is 3.06. The van der Waals surface area contributed by atoms with E-state index in [1.165, 1.54) is 6.26 Å². The first-order valence-electron chi connectivity index (χ1n) is 6.42. The Bertz CT molecular complexity index is 572. The number of hydrogen-bond acceptors (Lipinski definition) is 6. The molecule has 1 fully saturated rings. The fourth-order valence-corrected chi connectivity index (χ4v) is 2.08. The zero-order valence-electron chi connectivity index (χ0n) is 11.1. The van der Waals surface area contributed by atoms with Crippen LogP contribution in [0.5, 0.6) is 0 Å². The van der Waals surface area contributed by atoms with Gasteiger partial charge in [0.1, 0.15) is 0 Å². The summed E-state index contributed by atoms with van der Waals surface area (Å²) in [5, 5.41) is 3.89. The number of furan rings is 1. The largest absolute Gasteiger partial charge is 0.459 e. The Hall–Kier alpha value is -2.15. The fourth-order valence-electron chi connectivity index (χ4n) is 2.08. The van der Waals surface area contributed by atoms with Gasteiger partial charge in [-0.15, -0.1) is 0 Å². The number of carbonyl (C=O) groups is 1. The van der Waals surface area contributed by atoms with E-state index in [0.717, 1.165) is 0 Å². The fraction of sp³-hybridized carbons (Fsp3) is 0.462. The van der Waals surface area contributed by atoms with Gasteiger partial charge < -0.3 is 18.6 Å². The molecule has 7 heteroatoms. The van der Waals surface area contributed by atoms with Crippen LogP contribution in [-0.2, 0) is 11.2 Å². The zero-order chi connectivity index (χ0) is 13.9. The molecule has 2 aromatic rings. The molecule has 3 rings (SSSR count). The Labute approximate surface area is 115 Å². The highest BCUT2D eigenvalue weighted by Crippen LogP contribution is 2.27. The molecule has 0 unspecified atom stereocenters. The van der Waals surface area contributed by atoms with Gasteiger partial charge in [-0.2, -0.15) is 4.98 Å². The summed E-state index contributed by atoms with van der Waals surface area (Å²) in [6.07, 6.45) is 2.12. The van der Waals surface area contributed by atoms with Crippen LogP contribution in [0.25, 0.3) is 0 Å². The Morgan fingerprint density at radius 3 is 3.10 bits per heavy atom. The molecule has 1 aliphatic rings. The third kappa shape index (κ3) is 2.44. The average molecular weight is 277 g/mol. The number of nitrogens with zero attached hydrogens (tertiary/aromatic N) is 3. The zero-order valence-corrected chi connectivity index (χ0v) is 11.1. The molecule has 0 N–H and O–H groups in total. The Balaban J connectivity index is 1.55. The smallest absolute Gasteiger partial charge is 0.289 e. The molecule has 0 radical (unpaired) electrons. The minimum absolute atomic E-state index is 0.106. The minimum atomic E-state index is -0.106. The molecule has 106 valence electrons. The van der Waals surface area contributed by atoms with Crippen molar-refractivity contribution >= 4 is 5.91 Å². The number of ether oxygens (including phenoxy) is 1. The second-order valence-electron chi connectivity index (χ2n) is 4.68. The van der Waals surface area contributed by atoms with E-state index in [1.54, 1.807) is 24.1 Å². The lowest BCUT2D eigenvalue weighted by Crippen LogP contribution is -2.48. The summed E-state index contributed by atoms with van der Waals surface area (Å²) in [5.74, 6) is 1.58. The maximum Gasteiger partial charge on any atom is 0.289 e. The van der Waals surface area contributed by atoms with Gasteiger partial charge in [0, 0.05) is 26.6 Å². The van der Waals surface area contributed by atoms with E-state index < -0.39 is 0 Å². The van der Waals surface area contributed by atoms with Gasteiger partial charge in [0.05, 0.1) is 18.8 Å². The predicted octanol–water partition coefficient (Wildman–Crippen LogP) is 1.09. The number of methoxy groups -OCH3 is 1. The molecule has 0 aliphatic carbocycles. The summed E-state index contributed by atoms with van der Waals surface area (Å²) in [4.78, 5) is 18.0. The van der Waals surface area contributed by atoms with Gasteiger partial charge in [0.2, 0.25) is 5.89 Å². The van der Waals surface area contributed by atoms with E-state index in [9.17, 15) is 4.79 Å². The van der Waals surface area contributed by atoms with E-state index in [4.69, 9.17) is 13.7 Å². The summed E-state index contributed by atoms with van der Waals surface area (Å²) in [7, 11) is 1.63. The van der Waals surface area contributed by atoms with Crippen molar-refractivity contribution in [3.63, 3.8) is 0 Å². The molecule has 0 saturated carbocycles. The number of rotatable bonds is 5. The van der Waals surface area contributed by atoms with Crippen LogP contribution >= 0.6 is 0 Å². The van der Waals surface area contributed by atoms with E-state index in [-0.39, 0.29) is 11.8 Å². The van der Waals surface area contributed by atoms with Crippen molar-refractivity contribution in [1.82, 2.24) is 15.0 Å². The van der Waals surface area contributed by atoms with Gasteiger partial charge >= 0.3 is 0 Å². The van der Waals surface area contributed by atoms with Crippen LogP contribution in [0, 0.1) is 0 Å². The van der Waals surface area contributed by atoms with Crippen molar-refractivity contribution < 1.29 is 18.5 Å². The number of hydrogen-bond donors (Lipinski definition) is 0. The predicted molar refractivity (Wildman–Crippen MR) is 67.2 cm³/mol. The highest BCUT2D eigenvalue weighted by atomic mass is 16.5. The Morgan fingerprint density at radius 1 is 1.55 bits per heavy atom. The lowest BCUT2D eigenvalue weighted by molar-refractivity contribution is 0.0537. The third-order valence-corrected chi connectivity index (χ3v) is 3.26. The molecule has 0 spiro atoms. The topological polar surface area (TPSA) is 81.6 Å². The molecule has 2 aromatic heterocycles. The van der Waals surface area contributed by atoms with Crippen LogP contribution in [0.15, 0.2) is 27.3 Å². The van der Waals surface area contributed by atoms with Crippen LogP contribution in [0.1, 0.15) is 28.2 Å².